The standard InChI is InChI=1S/C13H22N4O2/c1-13(2,3)19-12(18)16-11-7-10(11)14-8-9-5-6-15-17(9)4/h5-6,10-11,14H,7-8H2,1-4H3,(H,16,18). The molecule has 0 bridgehead atoms. The number of carbonyl (C=O) groups excluding carboxylic acids is 1. The minimum atomic E-state index is -0.448. The summed E-state index contributed by atoms with van der Waals surface area (Å²) in [6.45, 7) is 6.33. The van der Waals surface area contributed by atoms with Gasteiger partial charge in [-0.3, -0.25) is 4.68 Å². The Bertz CT molecular complexity index is 450. The van der Waals surface area contributed by atoms with E-state index in [-0.39, 0.29) is 12.1 Å². The monoisotopic (exact) mass is 266 g/mol. The quantitative estimate of drug-likeness (QED) is 0.858. The Morgan fingerprint density at radius 2 is 2.26 bits per heavy atom. The molecule has 1 aliphatic carbocycles. The Labute approximate surface area is 113 Å². The van der Waals surface area contributed by atoms with E-state index >= 15 is 0 Å². The zero-order valence-electron chi connectivity index (χ0n) is 11.9. The molecule has 2 rings (SSSR count). The number of rotatable bonds is 4. The number of nitrogens with one attached hydrogen (secondary N) is 2. The Morgan fingerprint density at radius 3 is 2.84 bits per heavy atom. The number of nitrogens with zero attached hydrogens (tertiary/aromatic N) is 2. The summed E-state index contributed by atoms with van der Waals surface area (Å²) in [5.41, 5.74) is 0.680. The van der Waals surface area contributed by atoms with Crippen molar-refractivity contribution in [3.05, 3.63) is 18.0 Å². The lowest BCUT2D eigenvalue weighted by molar-refractivity contribution is 0.0522. The second-order valence-corrected chi connectivity index (χ2v) is 5.92. The van der Waals surface area contributed by atoms with Crippen LogP contribution in [-0.4, -0.2) is 33.6 Å². The fourth-order valence-electron chi connectivity index (χ4n) is 1.85. The summed E-state index contributed by atoms with van der Waals surface area (Å²) in [6, 6.07) is 2.47. The maximum absolute atomic E-state index is 11.6. The Balaban J connectivity index is 1.68. The van der Waals surface area contributed by atoms with Gasteiger partial charge in [-0.1, -0.05) is 0 Å². The lowest BCUT2D eigenvalue weighted by Gasteiger charge is -2.19. The average Bonchev–Trinajstić information content (AvgIpc) is 2.85. The van der Waals surface area contributed by atoms with Crippen LogP contribution >= 0.6 is 0 Å². The van der Waals surface area contributed by atoms with E-state index in [9.17, 15) is 4.79 Å². The Hall–Kier alpha value is -1.56. The van der Waals surface area contributed by atoms with Crippen LogP contribution in [0.2, 0.25) is 0 Å². The first-order valence-corrected chi connectivity index (χ1v) is 6.55. The molecule has 1 aromatic rings. The molecule has 1 fully saturated rings. The summed E-state index contributed by atoms with van der Waals surface area (Å²) in [4.78, 5) is 11.6. The Morgan fingerprint density at radius 1 is 1.53 bits per heavy atom. The lowest BCUT2D eigenvalue weighted by atomic mass is 10.2. The zero-order chi connectivity index (χ0) is 14.0. The lowest BCUT2D eigenvalue weighted by Crippen LogP contribution is -2.36. The predicted molar refractivity (Wildman–Crippen MR) is 71.6 cm³/mol. The van der Waals surface area contributed by atoms with Crippen molar-refractivity contribution in [1.82, 2.24) is 20.4 Å². The van der Waals surface area contributed by atoms with E-state index in [4.69, 9.17) is 4.74 Å². The van der Waals surface area contributed by atoms with Gasteiger partial charge < -0.3 is 15.4 Å². The normalized spacial score (nSPS) is 22.1. The summed E-state index contributed by atoms with van der Waals surface area (Å²) in [7, 11) is 1.92. The molecule has 0 saturated heterocycles. The maximum atomic E-state index is 11.6. The maximum Gasteiger partial charge on any atom is 0.407 e. The van der Waals surface area contributed by atoms with Crippen LogP contribution in [0, 0.1) is 0 Å². The molecule has 6 nitrogen and oxygen atoms in total. The first-order valence-electron chi connectivity index (χ1n) is 6.55. The van der Waals surface area contributed by atoms with Crippen molar-refractivity contribution in [3.8, 4) is 0 Å². The molecule has 1 heterocycles. The molecule has 0 aromatic carbocycles. The minimum Gasteiger partial charge on any atom is -0.444 e. The van der Waals surface area contributed by atoms with E-state index in [1.165, 1.54) is 0 Å². The molecule has 0 aliphatic heterocycles. The highest BCUT2D eigenvalue weighted by atomic mass is 16.6. The van der Waals surface area contributed by atoms with Crippen LogP contribution in [0.4, 0.5) is 4.79 Å². The first kappa shape index (κ1) is 13.9. The molecule has 6 heteroatoms. The van der Waals surface area contributed by atoms with E-state index < -0.39 is 5.60 Å². The van der Waals surface area contributed by atoms with Crippen molar-refractivity contribution in [2.24, 2.45) is 7.05 Å². The van der Waals surface area contributed by atoms with Crippen LogP contribution in [0.15, 0.2) is 12.3 Å². The van der Waals surface area contributed by atoms with Crippen molar-refractivity contribution in [2.75, 3.05) is 0 Å². The van der Waals surface area contributed by atoms with Gasteiger partial charge in [-0.2, -0.15) is 5.10 Å². The molecule has 106 valence electrons. The predicted octanol–water partition coefficient (Wildman–Crippen LogP) is 1.18. The summed E-state index contributed by atoms with van der Waals surface area (Å²) < 4.78 is 7.05. The highest BCUT2D eigenvalue weighted by molar-refractivity contribution is 5.68. The van der Waals surface area contributed by atoms with Gasteiger partial charge in [0.25, 0.3) is 0 Å². The van der Waals surface area contributed by atoms with Gasteiger partial charge in [0.15, 0.2) is 0 Å². The third kappa shape index (κ3) is 4.24. The van der Waals surface area contributed by atoms with Gasteiger partial charge in [0, 0.05) is 31.9 Å². The molecule has 1 saturated carbocycles. The van der Waals surface area contributed by atoms with Crippen LogP contribution in [0.5, 0.6) is 0 Å². The van der Waals surface area contributed by atoms with Gasteiger partial charge in [0.1, 0.15) is 5.60 Å². The third-order valence-corrected chi connectivity index (χ3v) is 2.96. The van der Waals surface area contributed by atoms with E-state index in [0.717, 1.165) is 18.7 Å². The minimum absolute atomic E-state index is 0.170. The molecular formula is C13H22N4O2. The van der Waals surface area contributed by atoms with Gasteiger partial charge >= 0.3 is 6.09 Å². The number of aryl methyl sites for hydroxylation is 1. The number of amides is 1. The fraction of sp³-hybridized carbons (Fsp3) is 0.692. The Kier molecular flexibility index (Phi) is 3.80. The van der Waals surface area contributed by atoms with Gasteiger partial charge in [-0.15, -0.1) is 0 Å². The number of hydrogen-bond acceptors (Lipinski definition) is 4. The molecule has 0 radical (unpaired) electrons. The van der Waals surface area contributed by atoms with E-state index in [1.807, 2.05) is 38.6 Å². The molecule has 2 N–H and O–H groups in total. The SMILES string of the molecule is Cn1nccc1CNC1CC1NC(=O)OC(C)(C)C. The smallest absolute Gasteiger partial charge is 0.407 e. The van der Waals surface area contributed by atoms with Crippen LogP contribution in [-0.2, 0) is 18.3 Å². The fourth-order valence-corrected chi connectivity index (χ4v) is 1.85. The molecule has 2 unspecified atom stereocenters. The van der Waals surface area contributed by atoms with Gasteiger partial charge in [0.05, 0.1) is 5.69 Å². The van der Waals surface area contributed by atoms with Gasteiger partial charge in [-0.05, 0) is 33.3 Å². The number of ether oxygens (including phenoxy) is 1. The number of carbonyl (C=O) groups is 1. The van der Waals surface area contributed by atoms with Crippen LogP contribution < -0.4 is 10.6 Å². The van der Waals surface area contributed by atoms with Crippen molar-refractivity contribution in [1.29, 1.82) is 0 Å². The van der Waals surface area contributed by atoms with E-state index in [1.54, 1.807) is 6.20 Å². The second kappa shape index (κ2) is 5.21. The first-order chi connectivity index (χ1) is 8.85. The van der Waals surface area contributed by atoms with Crippen LogP contribution in [0.1, 0.15) is 32.9 Å². The molecule has 1 aromatic heterocycles. The highest BCUT2D eigenvalue weighted by Gasteiger charge is 2.38. The molecule has 2 atom stereocenters. The van der Waals surface area contributed by atoms with Gasteiger partial charge in [-0.25, -0.2) is 4.79 Å². The molecule has 1 aliphatic rings. The topological polar surface area (TPSA) is 68.2 Å². The number of hydrogen-bond donors (Lipinski definition) is 2. The van der Waals surface area contributed by atoms with Crippen molar-refractivity contribution in [2.45, 2.75) is 51.4 Å². The number of alkyl carbamates (subject to hydrolysis) is 1. The third-order valence-electron chi connectivity index (χ3n) is 2.96. The summed E-state index contributed by atoms with van der Waals surface area (Å²) in [6.07, 6.45) is 2.37. The van der Waals surface area contributed by atoms with Crippen LogP contribution in [0.3, 0.4) is 0 Å². The summed E-state index contributed by atoms with van der Waals surface area (Å²) >= 11 is 0. The van der Waals surface area contributed by atoms with Crippen molar-refractivity contribution < 1.29 is 9.53 Å². The van der Waals surface area contributed by atoms with E-state index in [2.05, 4.69) is 15.7 Å². The van der Waals surface area contributed by atoms with Crippen molar-refractivity contribution >= 4 is 6.09 Å². The van der Waals surface area contributed by atoms with E-state index in [0.29, 0.717) is 6.04 Å². The second-order valence-electron chi connectivity index (χ2n) is 5.92. The molecule has 19 heavy (non-hydrogen) atoms. The summed E-state index contributed by atoms with van der Waals surface area (Å²) in [5, 5.41) is 10.4. The van der Waals surface area contributed by atoms with Gasteiger partial charge in [0.2, 0.25) is 0 Å². The largest absolute Gasteiger partial charge is 0.444 e. The number of aromatic nitrogens is 2. The van der Waals surface area contributed by atoms with Crippen LogP contribution in [0.25, 0.3) is 0 Å². The zero-order valence-corrected chi connectivity index (χ0v) is 11.9. The molecule has 0 spiro atoms. The highest BCUT2D eigenvalue weighted by Crippen LogP contribution is 2.22. The van der Waals surface area contributed by atoms with Crippen molar-refractivity contribution in [3.63, 3.8) is 0 Å². The molecule has 1 amide bonds. The summed E-state index contributed by atoms with van der Waals surface area (Å²) in [5.74, 6) is 0. The average molecular weight is 266 g/mol. The molecular weight excluding hydrogens is 244 g/mol.